The fourth-order valence-electron chi connectivity index (χ4n) is 3.07. The summed E-state index contributed by atoms with van der Waals surface area (Å²) in [5.74, 6) is -3.17. The molecule has 0 saturated heterocycles. The summed E-state index contributed by atoms with van der Waals surface area (Å²) in [6.45, 7) is 1.37. The van der Waals surface area contributed by atoms with Crippen molar-refractivity contribution in [1.82, 2.24) is 4.90 Å². The molecular weight excluding hydrogens is 316 g/mol. The molecule has 1 fully saturated rings. The van der Waals surface area contributed by atoms with Gasteiger partial charge >= 0.3 is 5.97 Å². The number of aliphatic hydroxyl groups excluding tert-OH is 1. The molecule has 8 heteroatoms. The van der Waals surface area contributed by atoms with Crippen LogP contribution in [0.2, 0.25) is 0 Å². The van der Waals surface area contributed by atoms with E-state index in [-0.39, 0.29) is 12.3 Å². The van der Waals surface area contributed by atoms with Crippen LogP contribution in [0.3, 0.4) is 0 Å². The number of aldehydes is 1. The van der Waals surface area contributed by atoms with Gasteiger partial charge in [0, 0.05) is 6.42 Å². The van der Waals surface area contributed by atoms with Gasteiger partial charge in [0.2, 0.25) is 5.91 Å². The van der Waals surface area contributed by atoms with Crippen LogP contribution >= 0.6 is 0 Å². The number of aliphatic carboxylic acids is 1. The Balaban J connectivity index is 3.05. The maximum absolute atomic E-state index is 12.7. The molecule has 3 atom stereocenters. The number of hydrogen-bond acceptors (Lipinski definition) is 6. The molecule has 4 N–H and O–H groups in total. The van der Waals surface area contributed by atoms with Crippen LogP contribution in [0, 0.1) is 5.92 Å². The van der Waals surface area contributed by atoms with Gasteiger partial charge in [0.15, 0.2) is 0 Å². The normalized spacial score (nSPS) is 19.1. The van der Waals surface area contributed by atoms with Gasteiger partial charge in [-0.05, 0) is 25.7 Å². The third-order valence-corrected chi connectivity index (χ3v) is 4.36. The van der Waals surface area contributed by atoms with Crippen molar-refractivity contribution < 1.29 is 29.4 Å². The summed E-state index contributed by atoms with van der Waals surface area (Å²) >= 11 is 0. The zero-order valence-corrected chi connectivity index (χ0v) is 13.9. The zero-order chi connectivity index (χ0) is 18.3. The summed E-state index contributed by atoms with van der Waals surface area (Å²) < 4.78 is 0. The molecule has 1 rings (SSSR count). The molecular formula is C16H26N2O6. The second-order valence-electron chi connectivity index (χ2n) is 6.33. The van der Waals surface area contributed by atoms with Gasteiger partial charge in [0.05, 0.1) is 18.5 Å². The van der Waals surface area contributed by atoms with Crippen LogP contribution in [0.4, 0.5) is 0 Å². The molecule has 1 aliphatic rings. The number of carboxylic acid groups (broad SMARTS) is 1. The highest BCUT2D eigenvalue weighted by molar-refractivity contribution is 6.00. The average molecular weight is 342 g/mol. The van der Waals surface area contributed by atoms with E-state index in [2.05, 4.69) is 0 Å². The Kier molecular flexibility index (Phi) is 8.00. The van der Waals surface area contributed by atoms with E-state index in [4.69, 9.17) is 10.8 Å². The molecule has 1 saturated carbocycles. The van der Waals surface area contributed by atoms with Crippen molar-refractivity contribution in [2.75, 3.05) is 0 Å². The maximum Gasteiger partial charge on any atom is 0.305 e. The van der Waals surface area contributed by atoms with Crippen LogP contribution in [0.5, 0.6) is 0 Å². The fraction of sp³-hybridized carbons (Fsp3) is 0.750. The van der Waals surface area contributed by atoms with Crippen molar-refractivity contribution in [3.63, 3.8) is 0 Å². The van der Waals surface area contributed by atoms with Gasteiger partial charge in [0.1, 0.15) is 12.4 Å². The molecule has 0 aromatic rings. The minimum absolute atomic E-state index is 0.267. The molecule has 0 bridgehead atoms. The van der Waals surface area contributed by atoms with Gasteiger partial charge in [-0.1, -0.05) is 19.3 Å². The van der Waals surface area contributed by atoms with Crippen LogP contribution in [0.1, 0.15) is 51.9 Å². The number of carbonyl (C=O) groups is 4. The molecule has 24 heavy (non-hydrogen) atoms. The molecule has 0 spiro atoms. The zero-order valence-electron chi connectivity index (χ0n) is 13.9. The molecule has 2 amide bonds. The Labute approximate surface area is 141 Å². The summed E-state index contributed by atoms with van der Waals surface area (Å²) in [5, 5.41) is 19.4. The predicted molar refractivity (Wildman–Crippen MR) is 84.8 cm³/mol. The van der Waals surface area contributed by atoms with Crippen LogP contribution in [0.25, 0.3) is 0 Å². The Morgan fingerprint density at radius 3 is 2.25 bits per heavy atom. The van der Waals surface area contributed by atoms with E-state index < -0.39 is 42.4 Å². The number of nitrogens with zero attached hydrogens (tertiary/aromatic N) is 1. The number of rotatable bonds is 8. The highest BCUT2D eigenvalue weighted by atomic mass is 16.4. The molecule has 1 aliphatic carbocycles. The standard InChI is InChI=1S/C16H26N2O6/c1-10(17)15(23)18(12(7-8-19)9-13(20)21)16(24)14(22)11-5-3-2-4-6-11/h8,10-12,14,22H,2-7,9,17H2,1H3,(H,20,21)/t10-,12+,14-/m0/s1. The summed E-state index contributed by atoms with van der Waals surface area (Å²) in [4.78, 5) is 47.6. The van der Waals surface area contributed by atoms with Gasteiger partial charge in [0.25, 0.3) is 5.91 Å². The topological polar surface area (TPSA) is 138 Å². The minimum Gasteiger partial charge on any atom is -0.481 e. The Morgan fingerprint density at radius 1 is 1.21 bits per heavy atom. The van der Waals surface area contributed by atoms with Crippen LogP contribution in [-0.2, 0) is 19.2 Å². The van der Waals surface area contributed by atoms with E-state index in [1.54, 1.807) is 0 Å². The number of aliphatic hydroxyl groups is 1. The number of hydrogen-bond donors (Lipinski definition) is 3. The monoisotopic (exact) mass is 342 g/mol. The molecule has 0 aliphatic heterocycles. The van der Waals surface area contributed by atoms with E-state index in [1.807, 2.05) is 0 Å². The first-order valence-corrected chi connectivity index (χ1v) is 8.25. The molecule has 0 heterocycles. The third-order valence-electron chi connectivity index (χ3n) is 4.36. The number of carboxylic acids is 1. The second-order valence-corrected chi connectivity index (χ2v) is 6.33. The van der Waals surface area contributed by atoms with Crippen molar-refractivity contribution in [2.24, 2.45) is 11.7 Å². The molecule has 136 valence electrons. The highest BCUT2D eigenvalue weighted by Gasteiger charge is 2.38. The predicted octanol–water partition coefficient (Wildman–Crippen LogP) is 0.0623. The summed E-state index contributed by atoms with van der Waals surface area (Å²) in [5.41, 5.74) is 5.56. The smallest absolute Gasteiger partial charge is 0.305 e. The molecule has 0 aromatic carbocycles. The maximum atomic E-state index is 12.7. The van der Waals surface area contributed by atoms with Gasteiger partial charge < -0.3 is 20.7 Å². The van der Waals surface area contributed by atoms with E-state index >= 15 is 0 Å². The lowest BCUT2D eigenvalue weighted by atomic mass is 9.84. The van der Waals surface area contributed by atoms with E-state index in [1.165, 1.54) is 6.92 Å². The minimum atomic E-state index is -1.39. The third kappa shape index (κ3) is 5.38. The van der Waals surface area contributed by atoms with Crippen LogP contribution < -0.4 is 5.73 Å². The van der Waals surface area contributed by atoms with Gasteiger partial charge in [-0.25, -0.2) is 0 Å². The van der Waals surface area contributed by atoms with Gasteiger partial charge in [-0.2, -0.15) is 0 Å². The van der Waals surface area contributed by atoms with Crippen molar-refractivity contribution in [3.05, 3.63) is 0 Å². The Hall–Kier alpha value is -1.80. The Bertz CT molecular complexity index is 473. The van der Waals surface area contributed by atoms with Crippen LogP contribution in [-0.4, -0.2) is 57.4 Å². The lowest BCUT2D eigenvalue weighted by Crippen LogP contribution is -2.55. The van der Waals surface area contributed by atoms with E-state index in [0.717, 1.165) is 19.3 Å². The number of imide groups is 1. The number of carbonyl (C=O) groups excluding carboxylic acids is 3. The summed E-state index contributed by atoms with van der Waals surface area (Å²) in [6.07, 6.45) is 2.34. The first-order valence-electron chi connectivity index (χ1n) is 8.25. The van der Waals surface area contributed by atoms with E-state index in [9.17, 15) is 24.3 Å². The number of amides is 2. The van der Waals surface area contributed by atoms with Crippen LogP contribution in [0.15, 0.2) is 0 Å². The molecule has 0 unspecified atom stereocenters. The molecule has 0 aromatic heterocycles. The fourth-order valence-corrected chi connectivity index (χ4v) is 3.07. The first-order chi connectivity index (χ1) is 11.3. The lowest BCUT2D eigenvalue weighted by molar-refractivity contribution is -0.157. The van der Waals surface area contributed by atoms with Crippen molar-refractivity contribution in [2.45, 2.75) is 70.1 Å². The molecule has 8 nitrogen and oxygen atoms in total. The van der Waals surface area contributed by atoms with E-state index in [0.29, 0.717) is 24.0 Å². The lowest BCUT2D eigenvalue weighted by Gasteiger charge is -2.34. The summed E-state index contributed by atoms with van der Waals surface area (Å²) in [6, 6.07) is -2.19. The average Bonchev–Trinajstić information content (AvgIpc) is 2.54. The Morgan fingerprint density at radius 2 is 1.79 bits per heavy atom. The largest absolute Gasteiger partial charge is 0.481 e. The summed E-state index contributed by atoms with van der Waals surface area (Å²) in [7, 11) is 0. The SMILES string of the molecule is C[C@H](N)C(=O)N(C(=O)[C@@H](O)C1CCCCC1)[C@H](CC=O)CC(=O)O. The molecule has 0 radical (unpaired) electrons. The highest BCUT2D eigenvalue weighted by Crippen LogP contribution is 2.28. The van der Waals surface area contributed by atoms with Gasteiger partial charge in [-0.3, -0.25) is 19.3 Å². The first kappa shape index (κ1) is 20.2. The number of nitrogens with two attached hydrogens (primary N) is 1. The van der Waals surface area contributed by atoms with Crippen molar-refractivity contribution in [1.29, 1.82) is 0 Å². The van der Waals surface area contributed by atoms with Crippen molar-refractivity contribution in [3.8, 4) is 0 Å². The van der Waals surface area contributed by atoms with Gasteiger partial charge in [-0.15, -0.1) is 0 Å². The quantitative estimate of drug-likeness (QED) is 0.530. The second kappa shape index (κ2) is 9.48. The van der Waals surface area contributed by atoms with Crippen molar-refractivity contribution >= 4 is 24.1 Å².